The molecular weight excluding hydrogens is 164 g/mol. The van der Waals surface area contributed by atoms with Gasteiger partial charge in [-0.3, -0.25) is 14.6 Å². The molecule has 1 aromatic rings. The lowest BCUT2D eigenvalue weighted by Crippen LogP contribution is -2.17. The fraction of sp³-hybridized carbons (Fsp3) is 0.700. The maximum Gasteiger partial charge on any atom is 0.266 e. The van der Waals surface area contributed by atoms with E-state index >= 15 is 0 Å². The van der Waals surface area contributed by atoms with Gasteiger partial charge in [0.15, 0.2) is 0 Å². The Bertz CT molecular complexity index is 309. The smallest absolute Gasteiger partial charge is 0.266 e. The summed E-state index contributed by atoms with van der Waals surface area (Å²) >= 11 is 0. The van der Waals surface area contributed by atoms with Crippen molar-refractivity contribution in [2.24, 2.45) is 0 Å². The normalized spacial score (nSPS) is 11.1. The standard InChI is InChI=1S/C10H18N2O/c1-4-5-6-9-7-10(13)12(11-9)8(2)3/h7-8,11H,4-6H2,1-3H3. The molecule has 1 N–H and O–H groups in total. The van der Waals surface area contributed by atoms with E-state index in [1.165, 1.54) is 0 Å². The molecule has 0 unspecified atom stereocenters. The van der Waals surface area contributed by atoms with Crippen LogP contribution in [0.1, 0.15) is 45.3 Å². The van der Waals surface area contributed by atoms with Gasteiger partial charge >= 0.3 is 0 Å². The number of hydrogen-bond donors (Lipinski definition) is 1. The maximum absolute atomic E-state index is 11.4. The summed E-state index contributed by atoms with van der Waals surface area (Å²) in [5.41, 5.74) is 1.14. The zero-order chi connectivity index (χ0) is 9.84. The van der Waals surface area contributed by atoms with Crippen LogP contribution >= 0.6 is 0 Å². The summed E-state index contributed by atoms with van der Waals surface area (Å²) in [5, 5.41) is 3.12. The van der Waals surface area contributed by atoms with E-state index in [0.29, 0.717) is 0 Å². The summed E-state index contributed by atoms with van der Waals surface area (Å²) in [6.07, 6.45) is 3.28. The number of aromatic nitrogens is 2. The quantitative estimate of drug-likeness (QED) is 0.760. The number of unbranched alkanes of at least 4 members (excludes halogenated alkanes) is 1. The Kier molecular flexibility index (Phi) is 3.34. The minimum absolute atomic E-state index is 0.0844. The molecule has 0 aromatic carbocycles. The highest BCUT2D eigenvalue weighted by atomic mass is 16.1. The Morgan fingerprint density at radius 2 is 2.23 bits per heavy atom. The van der Waals surface area contributed by atoms with E-state index in [1.54, 1.807) is 10.7 Å². The highest BCUT2D eigenvalue weighted by molar-refractivity contribution is 5.00. The van der Waals surface area contributed by atoms with Crippen molar-refractivity contribution in [2.75, 3.05) is 0 Å². The van der Waals surface area contributed by atoms with Gasteiger partial charge in [-0.2, -0.15) is 0 Å². The van der Waals surface area contributed by atoms with Gasteiger partial charge in [-0.1, -0.05) is 13.3 Å². The number of hydrogen-bond acceptors (Lipinski definition) is 1. The lowest BCUT2D eigenvalue weighted by molar-refractivity contribution is 0.510. The van der Waals surface area contributed by atoms with Crippen molar-refractivity contribution in [3.05, 3.63) is 22.1 Å². The molecule has 0 fully saturated rings. The number of nitrogens with one attached hydrogen (secondary N) is 1. The SMILES string of the molecule is CCCCc1cc(=O)n(C(C)C)[nH]1. The first-order valence-corrected chi connectivity index (χ1v) is 4.95. The van der Waals surface area contributed by atoms with Crippen LogP contribution in [-0.2, 0) is 6.42 Å². The zero-order valence-electron chi connectivity index (χ0n) is 8.63. The second-order valence-corrected chi connectivity index (χ2v) is 3.69. The lowest BCUT2D eigenvalue weighted by Gasteiger charge is -2.04. The second-order valence-electron chi connectivity index (χ2n) is 3.69. The number of aromatic amines is 1. The van der Waals surface area contributed by atoms with Crippen LogP contribution in [0.4, 0.5) is 0 Å². The first kappa shape index (κ1) is 10.1. The molecule has 0 aliphatic heterocycles. The number of nitrogens with zero attached hydrogens (tertiary/aromatic N) is 1. The first-order chi connectivity index (χ1) is 6.15. The third kappa shape index (κ3) is 2.47. The second kappa shape index (κ2) is 4.30. The van der Waals surface area contributed by atoms with Gasteiger partial charge < -0.3 is 0 Å². The van der Waals surface area contributed by atoms with Crippen molar-refractivity contribution >= 4 is 0 Å². The van der Waals surface area contributed by atoms with Crippen LogP contribution in [0.3, 0.4) is 0 Å². The Balaban J connectivity index is 2.77. The molecule has 0 saturated heterocycles. The van der Waals surface area contributed by atoms with Crippen LogP contribution in [0, 0.1) is 0 Å². The average Bonchev–Trinajstić information content (AvgIpc) is 2.43. The van der Waals surface area contributed by atoms with Crippen molar-refractivity contribution < 1.29 is 0 Å². The number of rotatable bonds is 4. The Labute approximate surface area is 78.8 Å². The van der Waals surface area contributed by atoms with Crippen LogP contribution in [-0.4, -0.2) is 9.78 Å². The summed E-state index contributed by atoms with van der Waals surface area (Å²) in [6, 6.07) is 1.93. The molecule has 0 atom stereocenters. The van der Waals surface area contributed by atoms with E-state index in [1.807, 2.05) is 13.8 Å². The van der Waals surface area contributed by atoms with Gasteiger partial charge in [0.05, 0.1) is 0 Å². The van der Waals surface area contributed by atoms with E-state index in [2.05, 4.69) is 12.0 Å². The van der Waals surface area contributed by atoms with Gasteiger partial charge in [-0.25, -0.2) is 0 Å². The lowest BCUT2D eigenvalue weighted by atomic mass is 10.2. The molecule has 0 radical (unpaired) electrons. The molecule has 13 heavy (non-hydrogen) atoms. The zero-order valence-corrected chi connectivity index (χ0v) is 8.63. The maximum atomic E-state index is 11.4. The summed E-state index contributed by atoms with van der Waals surface area (Å²) < 4.78 is 1.67. The van der Waals surface area contributed by atoms with Gasteiger partial charge in [0.1, 0.15) is 0 Å². The monoisotopic (exact) mass is 182 g/mol. The van der Waals surface area contributed by atoms with E-state index in [9.17, 15) is 4.79 Å². The Morgan fingerprint density at radius 1 is 1.54 bits per heavy atom. The van der Waals surface area contributed by atoms with E-state index < -0.39 is 0 Å². The minimum atomic E-state index is 0.0844. The van der Waals surface area contributed by atoms with Crippen molar-refractivity contribution in [2.45, 2.75) is 46.1 Å². The highest BCUT2D eigenvalue weighted by Gasteiger charge is 2.04. The van der Waals surface area contributed by atoms with Crippen LogP contribution in [0.25, 0.3) is 0 Å². The van der Waals surface area contributed by atoms with Gasteiger partial charge in [-0.15, -0.1) is 0 Å². The van der Waals surface area contributed by atoms with E-state index in [0.717, 1.165) is 25.0 Å². The van der Waals surface area contributed by atoms with Crippen molar-refractivity contribution in [3.8, 4) is 0 Å². The molecule has 1 aromatic heterocycles. The highest BCUT2D eigenvalue weighted by Crippen LogP contribution is 2.02. The van der Waals surface area contributed by atoms with Gasteiger partial charge in [-0.05, 0) is 26.7 Å². The first-order valence-electron chi connectivity index (χ1n) is 4.95. The third-order valence-corrected chi connectivity index (χ3v) is 2.12. The molecule has 0 aliphatic carbocycles. The predicted molar refractivity (Wildman–Crippen MR) is 54.0 cm³/mol. The van der Waals surface area contributed by atoms with Gasteiger partial charge in [0.25, 0.3) is 5.56 Å². The van der Waals surface area contributed by atoms with E-state index in [4.69, 9.17) is 0 Å². The minimum Gasteiger partial charge on any atom is -0.299 e. The third-order valence-electron chi connectivity index (χ3n) is 2.12. The molecule has 0 amide bonds. The number of H-pyrrole nitrogens is 1. The molecular formula is C10H18N2O. The number of aryl methyl sites for hydroxylation is 1. The largest absolute Gasteiger partial charge is 0.299 e. The van der Waals surface area contributed by atoms with Crippen molar-refractivity contribution in [3.63, 3.8) is 0 Å². The molecule has 3 nitrogen and oxygen atoms in total. The molecule has 0 aliphatic rings. The van der Waals surface area contributed by atoms with Gasteiger partial charge in [0, 0.05) is 17.8 Å². The van der Waals surface area contributed by atoms with Crippen LogP contribution in [0.2, 0.25) is 0 Å². The Morgan fingerprint density at radius 3 is 2.69 bits per heavy atom. The van der Waals surface area contributed by atoms with Crippen LogP contribution < -0.4 is 5.56 Å². The average molecular weight is 182 g/mol. The molecule has 0 bridgehead atoms. The van der Waals surface area contributed by atoms with Gasteiger partial charge in [0.2, 0.25) is 0 Å². The van der Waals surface area contributed by atoms with Crippen LogP contribution in [0.15, 0.2) is 10.9 Å². The molecule has 1 rings (SSSR count). The van der Waals surface area contributed by atoms with Crippen LogP contribution in [0.5, 0.6) is 0 Å². The fourth-order valence-corrected chi connectivity index (χ4v) is 1.34. The summed E-state index contributed by atoms with van der Waals surface area (Å²) in [4.78, 5) is 11.4. The molecule has 3 heteroatoms. The predicted octanol–water partition coefficient (Wildman–Crippen LogP) is 2.10. The fourth-order valence-electron chi connectivity index (χ4n) is 1.34. The Hall–Kier alpha value is -0.990. The summed E-state index contributed by atoms with van der Waals surface area (Å²) in [6.45, 7) is 6.15. The molecule has 0 saturated carbocycles. The molecule has 74 valence electrons. The topological polar surface area (TPSA) is 37.8 Å². The molecule has 0 spiro atoms. The molecule has 1 heterocycles. The summed E-state index contributed by atoms with van der Waals surface area (Å²) in [7, 11) is 0. The van der Waals surface area contributed by atoms with Crippen molar-refractivity contribution in [1.29, 1.82) is 0 Å². The van der Waals surface area contributed by atoms with E-state index in [-0.39, 0.29) is 11.6 Å². The summed E-state index contributed by atoms with van der Waals surface area (Å²) in [5.74, 6) is 0. The van der Waals surface area contributed by atoms with Crippen molar-refractivity contribution in [1.82, 2.24) is 9.78 Å².